The van der Waals surface area contributed by atoms with Crippen LogP contribution < -0.4 is 0 Å². The zero-order valence-electron chi connectivity index (χ0n) is 13.9. The molecule has 0 saturated heterocycles. The second-order valence-corrected chi connectivity index (χ2v) is 5.51. The van der Waals surface area contributed by atoms with Gasteiger partial charge in [0.25, 0.3) is 0 Å². The lowest BCUT2D eigenvalue weighted by atomic mass is 10.1. The highest BCUT2D eigenvalue weighted by atomic mass is 16.3. The Kier molecular flexibility index (Phi) is 5.95. The van der Waals surface area contributed by atoms with Gasteiger partial charge in [0.15, 0.2) is 0 Å². The number of aliphatic imine (C=N–C) groups is 2. The van der Waals surface area contributed by atoms with E-state index in [0.29, 0.717) is 24.4 Å². The quantitative estimate of drug-likeness (QED) is 0.561. The summed E-state index contributed by atoms with van der Waals surface area (Å²) < 4.78 is 0. The maximum Gasteiger partial charge on any atom is 0.128 e. The van der Waals surface area contributed by atoms with Gasteiger partial charge in [-0.05, 0) is 44.5 Å². The molecular formula is C19H22N2O3. The first-order valence-electron chi connectivity index (χ1n) is 7.82. The number of phenols is 3. The van der Waals surface area contributed by atoms with E-state index in [2.05, 4.69) is 9.98 Å². The van der Waals surface area contributed by atoms with Crippen LogP contribution in [0.25, 0.3) is 0 Å². The van der Waals surface area contributed by atoms with Crippen molar-refractivity contribution in [1.29, 1.82) is 0 Å². The second-order valence-electron chi connectivity index (χ2n) is 5.51. The number of rotatable bonds is 6. The number of hydrogen-bond donors (Lipinski definition) is 3. The van der Waals surface area contributed by atoms with Crippen molar-refractivity contribution in [3.8, 4) is 17.2 Å². The predicted octanol–water partition coefficient (Wildman–Crippen LogP) is 3.51. The van der Waals surface area contributed by atoms with Crippen molar-refractivity contribution < 1.29 is 15.3 Å². The fourth-order valence-electron chi connectivity index (χ4n) is 2.34. The van der Waals surface area contributed by atoms with Crippen molar-refractivity contribution in [1.82, 2.24) is 0 Å². The molecule has 2 aromatic rings. The Morgan fingerprint density at radius 1 is 0.792 bits per heavy atom. The Hall–Kier alpha value is -2.82. The molecule has 0 aliphatic carbocycles. The summed E-state index contributed by atoms with van der Waals surface area (Å²) in [4.78, 5) is 8.89. The minimum absolute atomic E-state index is 0.0182. The van der Waals surface area contributed by atoms with Gasteiger partial charge in [0.2, 0.25) is 0 Å². The van der Waals surface area contributed by atoms with E-state index in [9.17, 15) is 15.3 Å². The van der Waals surface area contributed by atoms with Crippen molar-refractivity contribution in [3.05, 3.63) is 53.6 Å². The first-order valence-corrected chi connectivity index (χ1v) is 7.82. The van der Waals surface area contributed by atoms with E-state index in [1.54, 1.807) is 18.2 Å². The number of para-hydroxylation sites is 1. The van der Waals surface area contributed by atoms with Crippen molar-refractivity contribution in [3.63, 3.8) is 0 Å². The first-order chi connectivity index (χ1) is 11.5. The zero-order chi connectivity index (χ0) is 17.5. The van der Waals surface area contributed by atoms with E-state index in [4.69, 9.17) is 0 Å². The number of aromatic hydroxyl groups is 3. The lowest BCUT2D eigenvalue weighted by Crippen LogP contribution is -2.00. The van der Waals surface area contributed by atoms with Gasteiger partial charge >= 0.3 is 0 Å². The molecule has 126 valence electrons. The SMILES string of the molecule is CC(=NCCCN=C(C)c1ccc(O)cc1O)c1ccccc1O. The second kappa shape index (κ2) is 8.15. The van der Waals surface area contributed by atoms with Gasteiger partial charge in [-0.3, -0.25) is 9.98 Å². The minimum Gasteiger partial charge on any atom is -0.508 e. The molecule has 0 aliphatic heterocycles. The van der Waals surface area contributed by atoms with Crippen LogP contribution in [0.1, 0.15) is 31.4 Å². The Balaban J connectivity index is 1.90. The average Bonchev–Trinajstić information content (AvgIpc) is 2.54. The summed E-state index contributed by atoms with van der Waals surface area (Å²) >= 11 is 0. The zero-order valence-corrected chi connectivity index (χ0v) is 13.9. The summed E-state index contributed by atoms with van der Waals surface area (Å²) in [6.45, 7) is 4.89. The van der Waals surface area contributed by atoms with E-state index in [0.717, 1.165) is 17.7 Å². The molecule has 0 aliphatic rings. The van der Waals surface area contributed by atoms with E-state index in [1.807, 2.05) is 26.0 Å². The highest BCUT2D eigenvalue weighted by Gasteiger charge is 2.05. The van der Waals surface area contributed by atoms with Gasteiger partial charge in [-0.15, -0.1) is 0 Å². The Labute approximate surface area is 141 Å². The fraction of sp³-hybridized carbons (Fsp3) is 0.263. The van der Waals surface area contributed by atoms with E-state index < -0.39 is 0 Å². The highest BCUT2D eigenvalue weighted by Crippen LogP contribution is 2.23. The molecule has 0 bridgehead atoms. The highest BCUT2D eigenvalue weighted by molar-refractivity contribution is 6.01. The molecule has 0 radical (unpaired) electrons. The van der Waals surface area contributed by atoms with Crippen LogP contribution in [0.3, 0.4) is 0 Å². The van der Waals surface area contributed by atoms with Crippen LogP contribution in [-0.2, 0) is 0 Å². The molecule has 2 rings (SSSR count). The van der Waals surface area contributed by atoms with Crippen molar-refractivity contribution in [2.75, 3.05) is 13.1 Å². The number of benzene rings is 2. The largest absolute Gasteiger partial charge is 0.508 e. The van der Waals surface area contributed by atoms with Gasteiger partial charge in [-0.1, -0.05) is 12.1 Å². The molecule has 3 N–H and O–H groups in total. The van der Waals surface area contributed by atoms with Crippen LogP contribution in [0.4, 0.5) is 0 Å². The molecular weight excluding hydrogens is 304 g/mol. The van der Waals surface area contributed by atoms with Crippen LogP contribution in [0.5, 0.6) is 17.2 Å². The molecule has 0 saturated carbocycles. The normalized spacial score (nSPS) is 12.4. The van der Waals surface area contributed by atoms with Gasteiger partial charge in [0.1, 0.15) is 17.2 Å². The summed E-state index contributed by atoms with van der Waals surface area (Å²) in [5.74, 6) is 0.276. The summed E-state index contributed by atoms with van der Waals surface area (Å²) in [5, 5.41) is 28.9. The molecule has 2 aromatic carbocycles. The van der Waals surface area contributed by atoms with Gasteiger partial charge in [0.05, 0.1) is 0 Å². The maximum atomic E-state index is 9.80. The van der Waals surface area contributed by atoms with Crippen LogP contribution >= 0.6 is 0 Å². The van der Waals surface area contributed by atoms with Crippen LogP contribution in [-0.4, -0.2) is 39.8 Å². The Bertz CT molecular complexity index is 767. The third-order valence-electron chi connectivity index (χ3n) is 3.68. The maximum absolute atomic E-state index is 9.80. The molecule has 24 heavy (non-hydrogen) atoms. The molecule has 0 fully saturated rings. The minimum atomic E-state index is 0.0182. The first kappa shape index (κ1) is 17.5. The van der Waals surface area contributed by atoms with Gasteiger partial charge < -0.3 is 15.3 Å². The third kappa shape index (κ3) is 4.59. The average molecular weight is 326 g/mol. The van der Waals surface area contributed by atoms with E-state index in [1.165, 1.54) is 12.1 Å². The smallest absolute Gasteiger partial charge is 0.128 e. The molecule has 0 unspecified atom stereocenters. The van der Waals surface area contributed by atoms with Crippen molar-refractivity contribution in [2.24, 2.45) is 9.98 Å². The Morgan fingerprint density at radius 3 is 1.96 bits per heavy atom. The van der Waals surface area contributed by atoms with Crippen molar-refractivity contribution >= 4 is 11.4 Å². The molecule has 0 aromatic heterocycles. The summed E-state index contributed by atoms with van der Waals surface area (Å²) in [5.41, 5.74) is 2.87. The van der Waals surface area contributed by atoms with Crippen LogP contribution in [0.2, 0.25) is 0 Å². The summed E-state index contributed by atoms with van der Waals surface area (Å²) in [6.07, 6.45) is 0.765. The number of nitrogens with zero attached hydrogens (tertiary/aromatic N) is 2. The molecule has 5 heteroatoms. The summed E-state index contributed by atoms with van der Waals surface area (Å²) in [7, 11) is 0. The third-order valence-corrected chi connectivity index (χ3v) is 3.68. The van der Waals surface area contributed by atoms with Gasteiger partial charge in [-0.25, -0.2) is 0 Å². The monoisotopic (exact) mass is 326 g/mol. The number of hydrogen-bond acceptors (Lipinski definition) is 5. The molecule has 0 atom stereocenters. The Morgan fingerprint density at radius 2 is 1.38 bits per heavy atom. The molecule has 0 heterocycles. The fourth-order valence-corrected chi connectivity index (χ4v) is 2.34. The standard InChI is InChI=1S/C19H22N2O3/c1-13(16-6-3-4-7-18(16)23)20-10-5-11-21-14(2)17-9-8-15(22)12-19(17)24/h3-4,6-9,12,22-24H,5,10-11H2,1-2H3. The predicted molar refractivity (Wildman–Crippen MR) is 96.7 cm³/mol. The molecule has 5 nitrogen and oxygen atoms in total. The lowest BCUT2D eigenvalue weighted by molar-refractivity contribution is 0.450. The lowest BCUT2D eigenvalue weighted by Gasteiger charge is -2.05. The number of phenolic OH excluding ortho intramolecular Hbond substituents is 3. The van der Waals surface area contributed by atoms with E-state index >= 15 is 0 Å². The van der Waals surface area contributed by atoms with Gasteiger partial charge in [-0.2, -0.15) is 0 Å². The van der Waals surface area contributed by atoms with Gasteiger partial charge in [0, 0.05) is 41.7 Å². The van der Waals surface area contributed by atoms with E-state index in [-0.39, 0.29) is 17.2 Å². The van der Waals surface area contributed by atoms with Crippen LogP contribution in [0, 0.1) is 0 Å². The van der Waals surface area contributed by atoms with Crippen molar-refractivity contribution in [2.45, 2.75) is 20.3 Å². The molecule has 0 spiro atoms. The topological polar surface area (TPSA) is 85.4 Å². The van der Waals surface area contributed by atoms with Crippen LogP contribution in [0.15, 0.2) is 52.4 Å². The summed E-state index contributed by atoms with van der Waals surface area (Å²) in [6, 6.07) is 11.6. The molecule has 0 amide bonds.